The summed E-state index contributed by atoms with van der Waals surface area (Å²) >= 11 is 0. The first-order valence-electron chi connectivity index (χ1n) is 10.4. The van der Waals surface area contributed by atoms with E-state index in [9.17, 15) is 4.79 Å². The van der Waals surface area contributed by atoms with Gasteiger partial charge in [0.2, 0.25) is 5.82 Å². The molecular weight excluding hydrogens is 384 g/mol. The normalized spacial score (nSPS) is 16.7. The SMILES string of the molecule is CCC(C)(C)n1nnnc1[C@H](c1cc2cc(OC)ccc2[nH]c1=O)[NH+]1CCOCC1. The van der Waals surface area contributed by atoms with Crippen LogP contribution in [0.25, 0.3) is 10.9 Å². The number of benzene rings is 1. The number of H-pyrrole nitrogens is 1. The minimum atomic E-state index is -0.297. The van der Waals surface area contributed by atoms with Crippen molar-refractivity contribution in [2.75, 3.05) is 33.4 Å². The number of fused-ring (bicyclic) bond motifs is 1. The molecule has 0 radical (unpaired) electrons. The van der Waals surface area contributed by atoms with Crippen LogP contribution in [0.15, 0.2) is 29.1 Å². The third kappa shape index (κ3) is 3.70. The van der Waals surface area contributed by atoms with E-state index >= 15 is 0 Å². The highest BCUT2D eigenvalue weighted by molar-refractivity contribution is 5.80. The van der Waals surface area contributed by atoms with Crippen molar-refractivity contribution in [2.45, 2.75) is 38.8 Å². The summed E-state index contributed by atoms with van der Waals surface area (Å²) < 4.78 is 12.8. The second-order valence-corrected chi connectivity index (χ2v) is 8.33. The Kier molecular flexibility index (Phi) is 5.57. The zero-order valence-corrected chi connectivity index (χ0v) is 17.9. The Balaban J connectivity index is 1.90. The second-order valence-electron chi connectivity index (χ2n) is 8.33. The number of methoxy groups -OCH3 is 1. The highest BCUT2D eigenvalue weighted by Gasteiger charge is 2.37. The lowest BCUT2D eigenvalue weighted by molar-refractivity contribution is -0.934. The van der Waals surface area contributed by atoms with E-state index in [4.69, 9.17) is 9.47 Å². The summed E-state index contributed by atoms with van der Waals surface area (Å²) in [6.45, 7) is 9.16. The fraction of sp³-hybridized carbons (Fsp3) is 0.524. The number of hydrogen-bond donors (Lipinski definition) is 2. The van der Waals surface area contributed by atoms with Crippen molar-refractivity contribution in [3.63, 3.8) is 0 Å². The Bertz CT molecular complexity index is 1080. The van der Waals surface area contributed by atoms with Crippen LogP contribution < -0.4 is 15.2 Å². The van der Waals surface area contributed by atoms with Gasteiger partial charge in [-0.15, -0.1) is 5.10 Å². The standard InChI is InChI=1S/C21H28N6O3/c1-5-21(2,3)27-19(23-24-25-27)18(26-8-10-30-11-9-26)16-13-14-12-15(29-4)6-7-17(14)22-20(16)28/h6-7,12-13,18H,5,8-11H2,1-4H3,(H,22,28)/p+1/t18-/m0/s1. The Morgan fingerprint density at radius 2 is 2.07 bits per heavy atom. The maximum Gasteiger partial charge on any atom is 0.258 e. The molecule has 1 atom stereocenters. The number of ether oxygens (including phenoxy) is 2. The summed E-state index contributed by atoms with van der Waals surface area (Å²) in [6, 6.07) is 7.28. The molecule has 2 N–H and O–H groups in total. The molecule has 1 fully saturated rings. The highest BCUT2D eigenvalue weighted by Crippen LogP contribution is 2.26. The number of pyridine rings is 1. The number of quaternary nitrogens is 1. The van der Waals surface area contributed by atoms with E-state index in [-0.39, 0.29) is 17.1 Å². The predicted octanol–water partition coefficient (Wildman–Crippen LogP) is 0.673. The molecule has 0 saturated carbocycles. The maximum absolute atomic E-state index is 13.2. The first-order valence-corrected chi connectivity index (χ1v) is 10.4. The second kappa shape index (κ2) is 8.16. The molecule has 0 amide bonds. The van der Waals surface area contributed by atoms with Crippen LogP contribution in [0.2, 0.25) is 0 Å². The van der Waals surface area contributed by atoms with Gasteiger partial charge in [0.15, 0.2) is 6.04 Å². The highest BCUT2D eigenvalue weighted by atomic mass is 16.5. The van der Waals surface area contributed by atoms with Gasteiger partial charge in [-0.05, 0) is 55.0 Å². The van der Waals surface area contributed by atoms with Gasteiger partial charge in [0.1, 0.15) is 18.8 Å². The Morgan fingerprint density at radius 3 is 2.77 bits per heavy atom. The summed E-state index contributed by atoms with van der Waals surface area (Å²) in [6.07, 6.45) is 0.863. The van der Waals surface area contributed by atoms with Crippen LogP contribution in [-0.2, 0) is 10.3 Å². The van der Waals surface area contributed by atoms with E-state index in [1.165, 1.54) is 4.90 Å². The predicted molar refractivity (Wildman–Crippen MR) is 112 cm³/mol. The number of nitrogens with zero attached hydrogens (tertiary/aromatic N) is 4. The van der Waals surface area contributed by atoms with Crippen LogP contribution in [-0.4, -0.2) is 58.6 Å². The molecular formula is C21H29N6O3+. The van der Waals surface area contributed by atoms with Gasteiger partial charge in [-0.2, -0.15) is 0 Å². The van der Waals surface area contributed by atoms with Gasteiger partial charge in [0.25, 0.3) is 5.56 Å². The summed E-state index contributed by atoms with van der Waals surface area (Å²) in [5.74, 6) is 1.44. The van der Waals surface area contributed by atoms with Crippen LogP contribution in [0.1, 0.15) is 44.6 Å². The van der Waals surface area contributed by atoms with E-state index in [2.05, 4.69) is 41.3 Å². The minimum absolute atomic E-state index is 0.125. The largest absolute Gasteiger partial charge is 0.497 e. The van der Waals surface area contributed by atoms with Gasteiger partial charge in [-0.3, -0.25) is 4.79 Å². The van der Waals surface area contributed by atoms with Crippen LogP contribution in [0.4, 0.5) is 0 Å². The number of tetrazole rings is 1. The van der Waals surface area contributed by atoms with Gasteiger partial charge in [0.05, 0.1) is 31.4 Å². The molecule has 1 aliphatic rings. The van der Waals surface area contributed by atoms with E-state index in [1.807, 2.05) is 28.9 Å². The zero-order chi connectivity index (χ0) is 21.3. The lowest BCUT2D eigenvalue weighted by atomic mass is 9.99. The molecule has 0 aliphatic carbocycles. The Hall–Kier alpha value is -2.78. The number of aromatic amines is 1. The van der Waals surface area contributed by atoms with Gasteiger partial charge in [-0.25, -0.2) is 4.68 Å². The monoisotopic (exact) mass is 413 g/mol. The lowest BCUT2D eigenvalue weighted by Crippen LogP contribution is -3.14. The van der Waals surface area contributed by atoms with Crippen LogP contribution in [0.3, 0.4) is 0 Å². The molecule has 0 unspecified atom stereocenters. The summed E-state index contributed by atoms with van der Waals surface area (Å²) in [4.78, 5) is 17.4. The number of rotatable bonds is 6. The van der Waals surface area contributed by atoms with E-state index < -0.39 is 0 Å². The van der Waals surface area contributed by atoms with E-state index in [1.54, 1.807) is 7.11 Å². The molecule has 9 heteroatoms. The Labute approximate surface area is 175 Å². The van der Waals surface area contributed by atoms with Gasteiger partial charge in [0, 0.05) is 10.9 Å². The van der Waals surface area contributed by atoms with Crippen molar-refractivity contribution in [3.05, 3.63) is 46.0 Å². The molecule has 0 spiro atoms. The van der Waals surface area contributed by atoms with Crippen molar-refractivity contribution in [2.24, 2.45) is 0 Å². The fourth-order valence-corrected chi connectivity index (χ4v) is 3.96. The maximum atomic E-state index is 13.2. The molecule has 3 aromatic rings. The first-order chi connectivity index (χ1) is 14.4. The van der Waals surface area contributed by atoms with Crippen molar-refractivity contribution in [1.82, 2.24) is 25.2 Å². The van der Waals surface area contributed by atoms with Crippen molar-refractivity contribution < 1.29 is 14.4 Å². The van der Waals surface area contributed by atoms with Crippen LogP contribution in [0, 0.1) is 0 Å². The fourth-order valence-electron chi connectivity index (χ4n) is 3.96. The first kappa shape index (κ1) is 20.5. The molecule has 2 aromatic heterocycles. The van der Waals surface area contributed by atoms with Gasteiger partial charge in [-0.1, -0.05) is 6.92 Å². The third-order valence-electron chi connectivity index (χ3n) is 6.12. The van der Waals surface area contributed by atoms with Crippen LogP contribution in [0.5, 0.6) is 5.75 Å². The van der Waals surface area contributed by atoms with Crippen molar-refractivity contribution in [3.8, 4) is 5.75 Å². The average molecular weight is 414 g/mol. The van der Waals surface area contributed by atoms with E-state index in [0.717, 1.165) is 36.2 Å². The third-order valence-corrected chi connectivity index (χ3v) is 6.12. The zero-order valence-electron chi connectivity index (χ0n) is 17.9. The molecule has 1 aromatic carbocycles. The molecule has 1 saturated heterocycles. The van der Waals surface area contributed by atoms with Crippen molar-refractivity contribution in [1.29, 1.82) is 0 Å². The number of morpholine rings is 1. The number of hydrogen-bond acceptors (Lipinski definition) is 6. The van der Waals surface area contributed by atoms with Gasteiger partial charge < -0.3 is 19.4 Å². The molecule has 0 bridgehead atoms. The van der Waals surface area contributed by atoms with Crippen molar-refractivity contribution >= 4 is 10.9 Å². The quantitative estimate of drug-likeness (QED) is 0.616. The molecule has 3 heterocycles. The smallest absolute Gasteiger partial charge is 0.258 e. The lowest BCUT2D eigenvalue weighted by Gasteiger charge is -2.32. The molecule has 9 nitrogen and oxygen atoms in total. The molecule has 1 aliphatic heterocycles. The minimum Gasteiger partial charge on any atom is -0.497 e. The molecule has 30 heavy (non-hydrogen) atoms. The number of aromatic nitrogens is 5. The molecule has 160 valence electrons. The van der Waals surface area contributed by atoms with Gasteiger partial charge >= 0.3 is 0 Å². The average Bonchev–Trinajstić information content (AvgIpc) is 3.25. The van der Waals surface area contributed by atoms with Crippen LogP contribution >= 0.6 is 0 Å². The summed E-state index contributed by atoms with van der Waals surface area (Å²) in [7, 11) is 1.63. The summed E-state index contributed by atoms with van der Waals surface area (Å²) in [5, 5.41) is 13.6. The topological polar surface area (TPSA) is 99.4 Å². The number of nitrogens with one attached hydrogen (secondary N) is 2. The van der Waals surface area contributed by atoms with E-state index in [0.29, 0.717) is 24.6 Å². The Morgan fingerprint density at radius 1 is 1.30 bits per heavy atom. The summed E-state index contributed by atoms with van der Waals surface area (Å²) in [5.41, 5.74) is 1.03. The molecule has 4 rings (SSSR count).